The molecule has 3 nitrogen and oxygen atoms in total. The second kappa shape index (κ2) is 6.00. The molecule has 0 radical (unpaired) electrons. The lowest BCUT2D eigenvalue weighted by molar-refractivity contribution is -0.122. The zero-order valence-electron chi connectivity index (χ0n) is 8.72. The quantitative estimate of drug-likeness (QED) is 0.749. The predicted octanol–water partition coefficient (Wildman–Crippen LogP) is 1.28. The zero-order valence-corrected chi connectivity index (χ0v) is 8.72. The van der Waals surface area contributed by atoms with Crippen LogP contribution in [0.25, 0.3) is 0 Å². The standard InChI is InChI=1S/C10H18F2N2O/c11-9(12)6-14-10(15)5-7-2-1-3-8(13)4-7/h7-9H,1-6,13H2,(H,14,15). The van der Waals surface area contributed by atoms with Gasteiger partial charge in [0.05, 0.1) is 6.54 Å². The van der Waals surface area contributed by atoms with Gasteiger partial charge in [-0.25, -0.2) is 8.78 Å². The second-order valence-corrected chi connectivity index (χ2v) is 4.19. The van der Waals surface area contributed by atoms with Crippen LogP contribution >= 0.6 is 0 Å². The van der Waals surface area contributed by atoms with Crippen molar-refractivity contribution in [1.82, 2.24) is 5.32 Å². The maximum Gasteiger partial charge on any atom is 0.255 e. The van der Waals surface area contributed by atoms with E-state index in [0.29, 0.717) is 6.42 Å². The Balaban J connectivity index is 2.19. The summed E-state index contributed by atoms with van der Waals surface area (Å²) in [6.45, 7) is -0.544. The van der Waals surface area contributed by atoms with Crippen LogP contribution in [-0.2, 0) is 4.79 Å². The van der Waals surface area contributed by atoms with Gasteiger partial charge in [-0.1, -0.05) is 6.42 Å². The maximum absolute atomic E-state index is 11.8. The monoisotopic (exact) mass is 220 g/mol. The normalized spacial score (nSPS) is 26.7. The van der Waals surface area contributed by atoms with Crippen molar-refractivity contribution in [3.05, 3.63) is 0 Å². The molecule has 1 aliphatic rings. The Bertz CT molecular complexity index is 212. The Kier molecular flexibility index (Phi) is 4.94. The van der Waals surface area contributed by atoms with Gasteiger partial charge >= 0.3 is 0 Å². The van der Waals surface area contributed by atoms with E-state index in [1.807, 2.05) is 0 Å². The lowest BCUT2D eigenvalue weighted by Gasteiger charge is -2.25. The van der Waals surface area contributed by atoms with Crippen molar-refractivity contribution in [2.45, 2.75) is 44.6 Å². The van der Waals surface area contributed by atoms with Gasteiger partial charge in [0.2, 0.25) is 5.91 Å². The number of carbonyl (C=O) groups excluding carboxylic acids is 1. The smallest absolute Gasteiger partial charge is 0.255 e. The Labute approximate surface area is 88.4 Å². The first-order valence-corrected chi connectivity index (χ1v) is 5.38. The number of alkyl halides is 2. The van der Waals surface area contributed by atoms with Crippen molar-refractivity contribution < 1.29 is 13.6 Å². The second-order valence-electron chi connectivity index (χ2n) is 4.19. The summed E-state index contributed by atoms with van der Waals surface area (Å²) in [4.78, 5) is 11.2. The molecule has 1 aliphatic carbocycles. The van der Waals surface area contributed by atoms with Gasteiger partial charge in [0.25, 0.3) is 6.43 Å². The molecule has 0 spiro atoms. The summed E-state index contributed by atoms with van der Waals surface area (Å²) in [6.07, 6.45) is 1.73. The van der Waals surface area contributed by atoms with E-state index in [1.165, 1.54) is 0 Å². The van der Waals surface area contributed by atoms with Gasteiger partial charge < -0.3 is 11.1 Å². The molecule has 0 aromatic rings. The first-order chi connectivity index (χ1) is 7.08. The fourth-order valence-corrected chi connectivity index (χ4v) is 2.04. The minimum atomic E-state index is -2.47. The molecule has 0 bridgehead atoms. The number of hydrogen-bond donors (Lipinski definition) is 2. The molecule has 0 heterocycles. The topological polar surface area (TPSA) is 55.1 Å². The SMILES string of the molecule is NC1CCCC(CC(=O)NCC(F)F)C1. The van der Waals surface area contributed by atoms with E-state index in [2.05, 4.69) is 5.32 Å². The van der Waals surface area contributed by atoms with Crippen LogP contribution in [0.1, 0.15) is 32.1 Å². The average molecular weight is 220 g/mol. The van der Waals surface area contributed by atoms with Crippen LogP contribution in [0, 0.1) is 5.92 Å². The van der Waals surface area contributed by atoms with E-state index in [9.17, 15) is 13.6 Å². The van der Waals surface area contributed by atoms with Crippen LogP contribution in [-0.4, -0.2) is 24.9 Å². The molecule has 1 amide bonds. The summed E-state index contributed by atoms with van der Waals surface area (Å²) in [6, 6.07) is 0.173. The highest BCUT2D eigenvalue weighted by atomic mass is 19.3. The van der Waals surface area contributed by atoms with Crippen LogP contribution < -0.4 is 11.1 Å². The van der Waals surface area contributed by atoms with E-state index in [-0.39, 0.29) is 17.9 Å². The van der Waals surface area contributed by atoms with E-state index in [0.717, 1.165) is 25.7 Å². The fourth-order valence-electron chi connectivity index (χ4n) is 2.04. The summed E-state index contributed by atoms with van der Waals surface area (Å²) in [5.74, 6) is -0.0131. The Morgan fingerprint density at radius 1 is 1.47 bits per heavy atom. The van der Waals surface area contributed by atoms with Gasteiger partial charge in [0.1, 0.15) is 0 Å². The summed E-state index contributed by atoms with van der Waals surface area (Å²) in [7, 11) is 0. The van der Waals surface area contributed by atoms with Crippen molar-refractivity contribution >= 4 is 5.91 Å². The highest BCUT2D eigenvalue weighted by Crippen LogP contribution is 2.25. The maximum atomic E-state index is 11.8. The Hall–Kier alpha value is -0.710. The van der Waals surface area contributed by atoms with Gasteiger partial charge in [-0.05, 0) is 25.2 Å². The molecule has 0 saturated heterocycles. The van der Waals surface area contributed by atoms with Crippen LogP contribution in [0.2, 0.25) is 0 Å². The highest BCUT2D eigenvalue weighted by molar-refractivity contribution is 5.76. The first kappa shape index (κ1) is 12.4. The number of carbonyl (C=O) groups is 1. The molecule has 0 aromatic heterocycles. The Morgan fingerprint density at radius 3 is 2.80 bits per heavy atom. The van der Waals surface area contributed by atoms with Gasteiger partial charge in [-0.2, -0.15) is 0 Å². The minimum Gasteiger partial charge on any atom is -0.350 e. The van der Waals surface area contributed by atoms with Crippen molar-refractivity contribution in [1.29, 1.82) is 0 Å². The molecule has 1 saturated carbocycles. The molecule has 3 N–H and O–H groups in total. The van der Waals surface area contributed by atoms with Crippen LogP contribution in [0.3, 0.4) is 0 Å². The number of amides is 1. The van der Waals surface area contributed by atoms with E-state index in [1.54, 1.807) is 0 Å². The largest absolute Gasteiger partial charge is 0.350 e. The summed E-state index contributed by atoms with van der Waals surface area (Å²) in [5, 5.41) is 2.21. The molecule has 0 aromatic carbocycles. The summed E-state index contributed by atoms with van der Waals surface area (Å²) >= 11 is 0. The number of hydrogen-bond acceptors (Lipinski definition) is 2. The van der Waals surface area contributed by atoms with Crippen LogP contribution in [0.4, 0.5) is 8.78 Å². The van der Waals surface area contributed by atoms with Crippen molar-refractivity contribution in [2.24, 2.45) is 11.7 Å². The van der Waals surface area contributed by atoms with Gasteiger partial charge in [0.15, 0.2) is 0 Å². The zero-order chi connectivity index (χ0) is 11.3. The third kappa shape index (κ3) is 5.06. The third-order valence-corrected chi connectivity index (χ3v) is 2.75. The lowest BCUT2D eigenvalue weighted by Crippen LogP contribution is -2.33. The molecular formula is C10H18F2N2O. The van der Waals surface area contributed by atoms with Crippen LogP contribution in [0.15, 0.2) is 0 Å². The average Bonchev–Trinajstić information content (AvgIpc) is 2.15. The molecule has 5 heteroatoms. The number of halogens is 2. The third-order valence-electron chi connectivity index (χ3n) is 2.75. The molecular weight excluding hydrogens is 202 g/mol. The fraction of sp³-hybridized carbons (Fsp3) is 0.900. The van der Waals surface area contributed by atoms with E-state index >= 15 is 0 Å². The van der Waals surface area contributed by atoms with Crippen molar-refractivity contribution in [3.8, 4) is 0 Å². The number of nitrogens with two attached hydrogens (primary N) is 1. The Morgan fingerprint density at radius 2 is 2.20 bits per heavy atom. The highest BCUT2D eigenvalue weighted by Gasteiger charge is 2.21. The minimum absolute atomic E-state index is 0.173. The van der Waals surface area contributed by atoms with Crippen molar-refractivity contribution in [2.75, 3.05) is 6.54 Å². The lowest BCUT2D eigenvalue weighted by atomic mass is 9.84. The van der Waals surface area contributed by atoms with Gasteiger partial charge in [-0.3, -0.25) is 4.79 Å². The molecule has 2 atom stereocenters. The molecule has 88 valence electrons. The predicted molar refractivity (Wildman–Crippen MR) is 53.6 cm³/mol. The number of nitrogens with one attached hydrogen (secondary N) is 1. The first-order valence-electron chi connectivity index (χ1n) is 5.38. The molecule has 15 heavy (non-hydrogen) atoms. The molecule has 2 unspecified atom stereocenters. The van der Waals surface area contributed by atoms with Gasteiger partial charge in [-0.15, -0.1) is 0 Å². The van der Waals surface area contributed by atoms with E-state index < -0.39 is 13.0 Å². The molecule has 1 rings (SSSR count). The van der Waals surface area contributed by atoms with E-state index in [4.69, 9.17) is 5.73 Å². The summed E-state index contributed by atoms with van der Waals surface area (Å²) in [5.41, 5.74) is 5.77. The van der Waals surface area contributed by atoms with Gasteiger partial charge in [0, 0.05) is 12.5 Å². The molecule has 1 fully saturated rings. The molecule has 0 aliphatic heterocycles. The summed E-state index contributed by atoms with van der Waals surface area (Å²) < 4.78 is 23.6. The van der Waals surface area contributed by atoms with Crippen LogP contribution in [0.5, 0.6) is 0 Å². The number of rotatable bonds is 4. The van der Waals surface area contributed by atoms with Crippen molar-refractivity contribution in [3.63, 3.8) is 0 Å².